The van der Waals surface area contributed by atoms with Gasteiger partial charge in [-0.15, -0.1) is 0 Å². The smallest absolute Gasteiger partial charge is 0.251 e. The van der Waals surface area contributed by atoms with Crippen LogP contribution in [0.25, 0.3) is 0 Å². The second-order valence-electron chi connectivity index (χ2n) is 6.10. The lowest BCUT2D eigenvalue weighted by Crippen LogP contribution is -3.08. The van der Waals surface area contributed by atoms with Crippen molar-refractivity contribution in [2.75, 3.05) is 13.1 Å². The molecule has 3 rings (SSSR count). The molecule has 1 aliphatic heterocycles. The molecule has 0 aromatic heterocycles. The van der Waals surface area contributed by atoms with E-state index in [1.165, 1.54) is 37.1 Å². The largest absolute Gasteiger partial charge is 0.348 e. The zero-order chi connectivity index (χ0) is 16.1. The number of rotatable bonds is 5. The van der Waals surface area contributed by atoms with Gasteiger partial charge in [-0.05, 0) is 46.4 Å². The highest BCUT2D eigenvalue weighted by atomic mass is 127. The summed E-state index contributed by atoms with van der Waals surface area (Å²) < 4.78 is 1.08. The average molecular weight is 421 g/mol. The van der Waals surface area contributed by atoms with E-state index in [0.29, 0.717) is 6.54 Å². The normalized spacial score (nSPS) is 14.8. The second kappa shape index (κ2) is 7.93. The maximum atomic E-state index is 12.3. The molecule has 1 fully saturated rings. The molecule has 1 saturated heterocycles. The van der Waals surface area contributed by atoms with Crippen molar-refractivity contribution in [2.24, 2.45) is 0 Å². The molecule has 3 nitrogen and oxygen atoms in total. The molecule has 0 radical (unpaired) electrons. The lowest BCUT2D eigenvalue weighted by atomic mass is 10.1. The van der Waals surface area contributed by atoms with Crippen LogP contribution in [-0.2, 0) is 13.1 Å². The number of hydrogen-bond acceptors (Lipinski definition) is 1. The first-order chi connectivity index (χ1) is 11.2. The molecular formula is C19H22IN2O+. The third kappa shape index (κ3) is 4.54. The third-order valence-corrected chi connectivity index (χ3v) is 5.07. The number of amides is 1. The Bertz CT molecular complexity index is 681. The van der Waals surface area contributed by atoms with Gasteiger partial charge >= 0.3 is 0 Å². The SMILES string of the molecule is O=C(NCc1ccccc1C[NH+]1CCCC1)c1cccc(I)c1. The van der Waals surface area contributed by atoms with Gasteiger partial charge in [-0.3, -0.25) is 4.79 Å². The summed E-state index contributed by atoms with van der Waals surface area (Å²) in [5, 5.41) is 3.06. The second-order valence-corrected chi connectivity index (χ2v) is 7.34. The van der Waals surface area contributed by atoms with E-state index in [0.717, 1.165) is 15.7 Å². The maximum absolute atomic E-state index is 12.3. The van der Waals surface area contributed by atoms with E-state index >= 15 is 0 Å². The molecule has 2 N–H and O–H groups in total. The number of benzene rings is 2. The van der Waals surface area contributed by atoms with Crippen LogP contribution in [0.2, 0.25) is 0 Å². The maximum Gasteiger partial charge on any atom is 0.251 e. The molecule has 4 heteroatoms. The van der Waals surface area contributed by atoms with Gasteiger partial charge in [0.1, 0.15) is 6.54 Å². The number of carbonyl (C=O) groups is 1. The van der Waals surface area contributed by atoms with Crippen LogP contribution in [0.5, 0.6) is 0 Å². The number of quaternary nitrogens is 1. The van der Waals surface area contributed by atoms with Gasteiger partial charge in [-0.25, -0.2) is 0 Å². The standard InChI is InChI=1S/C19H21IN2O/c20-18-9-5-8-15(12-18)19(23)21-13-16-6-1-2-7-17(16)14-22-10-3-4-11-22/h1-2,5-9,12H,3-4,10-11,13-14H2,(H,21,23)/p+1. The van der Waals surface area contributed by atoms with Gasteiger partial charge in [-0.2, -0.15) is 0 Å². The lowest BCUT2D eigenvalue weighted by Gasteiger charge is -2.15. The molecule has 23 heavy (non-hydrogen) atoms. The fourth-order valence-corrected chi connectivity index (χ4v) is 3.67. The molecular weight excluding hydrogens is 399 g/mol. The Morgan fingerprint density at radius 1 is 1.04 bits per heavy atom. The molecule has 1 aliphatic rings. The number of hydrogen-bond donors (Lipinski definition) is 2. The zero-order valence-electron chi connectivity index (χ0n) is 13.1. The highest BCUT2D eigenvalue weighted by Gasteiger charge is 2.17. The molecule has 0 bridgehead atoms. The van der Waals surface area contributed by atoms with Crippen LogP contribution >= 0.6 is 22.6 Å². The molecule has 2 aromatic carbocycles. The van der Waals surface area contributed by atoms with Crippen LogP contribution in [0, 0.1) is 3.57 Å². The lowest BCUT2D eigenvalue weighted by molar-refractivity contribution is -0.901. The number of likely N-dealkylation sites (tertiary alicyclic amines) is 1. The first kappa shape index (κ1) is 16.5. The Morgan fingerprint density at radius 3 is 2.52 bits per heavy atom. The molecule has 2 aromatic rings. The van der Waals surface area contributed by atoms with Gasteiger partial charge in [0.05, 0.1) is 13.1 Å². The van der Waals surface area contributed by atoms with Crippen molar-refractivity contribution in [1.29, 1.82) is 0 Å². The topological polar surface area (TPSA) is 33.5 Å². The summed E-state index contributed by atoms with van der Waals surface area (Å²) in [6.07, 6.45) is 2.67. The first-order valence-electron chi connectivity index (χ1n) is 8.16. The van der Waals surface area contributed by atoms with Gasteiger partial charge in [0.15, 0.2) is 0 Å². The highest BCUT2D eigenvalue weighted by molar-refractivity contribution is 14.1. The predicted octanol–water partition coefficient (Wildman–Crippen LogP) is 2.40. The minimum absolute atomic E-state index is 0.00756. The average Bonchev–Trinajstić information content (AvgIpc) is 3.07. The van der Waals surface area contributed by atoms with E-state index in [1.807, 2.05) is 24.3 Å². The van der Waals surface area contributed by atoms with Gasteiger partial charge in [0, 0.05) is 34.1 Å². The summed E-state index contributed by atoms with van der Waals surface area (Å²) >= 11 is 2.23. The van der Waals surface area contributed by atoms with Crippen molar-refractivity contribution in [3.8, 4) is 0 Å². The molecule has 0 saturated carbocycles. The van der Waals surface area contributed by atoms with Crippen LogP contribution in [0.1, 0.15) is 34.3 Å². The Morgan fingerprint density at radius 2 is 1.78 bits per heavy atom. The summed E-state index contributed by atoms with van der Waals surface area (Å²) in [6, 6.07) is 16.1. The molecule has 120 valence electrons. The van der Waals surface area contributed by atoms with Crippen molar-refractivity contribution >= 4 is 28.5 Å². The quantitative estimate of drug-likeness (QED) is 0.715. The van der Waals surface area contributed by atoms with Crippen molar-refractivity contribution in [1.82, 2.24) is 5.32 Å². The molecule has 0 spiro atoms. The Balaban J connectivity index is 1.64. The van der Waals surface area contributed by atoms with Gasteiger partial charge in [-0.1, -0.05) is 30.3 Å². The van der Waals surface area contributed by atoms with E-state index in [2.05, 4.69) is 52.2 Å². The van der Waals surface area contributed by atoms with Crippen LogP contribution < -0.4 is 10.2 Å². The molecule has 0 aliphatic carbocycles. The summed E-state index contributed by atoms with van der Waals surface area (Å²) in [5.74, 6) is -0.00756. The van der Waals surface area contributed by atoms with Crippen molar-refractivity contribution in [2.45, 2.75) is 25.9 Å². The summed E-state index contributed by atoms with van der Waals surface area (Å²) in [5.41, 5.74) is 3.30. The van der Waals surface area contributed by atoms with E-state index in [4.69, 9.17) is 0 Å². The van der Waals surface area contributed by atoms with Crippen LogP contribution in [0.15, 0.2) is 48.5 Å². The summed E-state index contributed by atoms with van der Waals surface area (Å²) in [7, 11) is 0. The molecule has 0 unspecified atom stereocenters. The summed E-state index contributed by atoms with van der Waals surface area (Å²) in [4.78, 5) is 14.0. The van der Waals surface area contributed by atoms with Gasteiger partial charge in [0.2, 0.25) is 0 Å². The first-order valence-corrected chi connectivity index (χ1v) is 9.24. The van der Waals surface area contributed by atoms with Crippen molar-refractivity contribution < 1.29 is 9.69 Å². The van der Waals surface area contributed by atoms with Crippen LogP contribution in [0.3, 0.4) is 0 Å². The molecule has 1 heterocycles. The third-order valence-electron chi connectivity index (χ3n) is 4.40. The number of nitrogens with one attached hydrogen (secondary N) is 2. The van der Waals surface area contributed by atoms with Gasteiger partial charge < -0.3 is 10.2 Å². The summed E-state index contributed by atoms with van der Waals surface area (Å²) in [6.45, 7) is 4.19. The molecule has 1 amide bonds. The molecule has 0 atom stereocenters. The monoisotopic (exact) mass is 421 g/mol. The number of halogens is 1. The fourth-order valence-electron chi connectivity index (χ4n) is 3.13. The van der Waals surface area contributed by atoms with Crippen LogP contribution in [-0.4, -0.2) is 19.0 Å². The fraction of sp³-hybridized carbons (Fsp3) is 0.316. The van der Waals surface area contributed by atoms with Gasteiger partial charge in [0.25, 0.3) is 5.91 Å². The Kier molecular flexibility index (Phi) is 5.67. The van der Waals surface area contributed by atoms with Crippen LogP contribution in [0.4, 0.5) is 0 Å². The van der Waals surface area contributed by atoms with E-state index in [-0.39, 0.29) is 5.91 Å². The highest BCUT2D eigenvalue weighted by Crippen LogP contribution is 2.10. The predicted molar refractivity (Wildman–Crippen MR) is 100 cm³/mol. The van der Waals surface area contributed by atoms with E-state index in [1.54, 1.807) is 4.90 Å². The Labute approximate surface area is 151 Å². The van der Waals surface area contributed by atoms with Crippen molar-refractivity contribution in [3.05, 3.63) is 68.8 Å². The van der Waals surface area contributed by atoms with E-state index < -0.39 is 0 Å². The zero-order valence-corrected chi connectivity index (χ0v) is 15.3. The van der Waals surface area contributed by atoms with Crippen molar-refractivity contribution in [3.63, 3.8) is 0 Å². The number of carbonyl (C=O) groups excluding carboxylic acids is 1. The minimum Gasteiger partial charge on any atom is -0.348 e. The Hall–Kier alpha value is -1.40. The minimum atomic E-state index is -0.00756. The van der Waals surface area contributed by atoms with E-state index in [9.17, 15) is 4.79 Å².